The lowest BCUT2D eigenvalue weighted by Gasteiger charge is -2.25. The van der Waals surface area contributed by atoms with Crippen molar-refractivity contribution in [3.8, 4) is 0 Å². The van der Waals surface area contributed by atoms with E-state index in [-0.39, 0.29) is 0 Å². The molecule has 2 aliphatic heterocycles. The summed E-state index contributed by atoms with van der Waals surface area (Å²) in [7, 11) is 2.23. The second-order valence-electron chi connectivity index (χ2n) is 5.42. The molecule has 3 nitrogen and oxygen atoms in total. The molecule has 2 atom stereocenters. The summed E-state index contributed by atoms with van der Waals surface area (Å²) < 4.78 is 5.52. The molecule has 0 saturated carbocycles. The van der Waals surface area contributed by atoms with Gasteiger partial charge in [0, 0.05) is 19.2 Å². The summed E-state index contributed by atoms with van der Waals surface area (Å²) >= 11 is 0. The first-order chi connectivity index (χ1) is 7.84. The highest BCUT2D eigenvalue weighted by Crippen LogP contribution is 2.14. The van der Waals surface area contributed by atoms with Crippen molar-refractivity contribution in [1.82, 2.24) is 10.2 Å². The first kappa shape index (κ1) is 12.3. The second-order valence-corrected chi connectivity index (χ2v) is 5.42. The van der Waals surface area contributed by atoms with E-state index < -0.39 is 0 Å². The highest BCUT2D eigenvalue weighted by Gasteiger charge is 2.18. The minimum atomic E-state index is 0.742. The first-order valence-electron chi connectivity index (χ1n) is 6.84. The van der Waals surface area contributed by atoms with Crippen LogP contribution in [0.4, 0.5) is 0 Å². The molecule has 2 saturated heterocycles. The molecule has 2 aliphatic rings. The van der Waals surface area contributed by atoms with Crippen molar-refractivity contribution in [3.63, 3.8) is 0 Å². The van der Waals surface area contributed by atoms with Gasteiger partial charge in [0.15, 0.2) is 0 Å². The number of nitrogens with zero attached hydrogens (tertiary/aromatic N) is 1. The summed E-state index contributed by atoms with van der Waals surface area (Å²) in [5.41, 5.74) is 0. The summed E-state index contributed by atoms with van der Waals surface area (Å²) in [6, 6.07) is 0.742. The molecular weight excluding hydrogens is 200 g/mol. The Kier molecular flexibility index (Phi) is 5.07. The molecule has 16 heavy (non-hydrogen) atoms. The van der Waals surface area contributed by atoms with Crippen LogP contribution in [0.25, 0.3) is 0 Å². The van der Waals surface area contributed by atoms with Gasteiger partial charge in [-0.1, -0.05) is 0 Å². The fraction of sp³-hybridized carbons (Fsp3) is 1.00. The van der Waals surface area contributed by atoms with Crippen LogP contribution in [0.5, 0.6) is 0 Å². The summed E-state index contributed by atoms with van der Waals surface area (Å²) in [4.78, 5) is 2.45. The Bertz CT molecular complexity index is 192. The zero-order valence-corrected chi connectivity index (χ0v) is 10.6. The molecule has 1 N–H and O–H groups in total. The van der Waals surface area contributed by atoms with Crippen molar-refractivity contribution in [3.05, 3.63) is 0 Å². The van der Waals surface area contributed by atoms with Crippen LogP contribution in [0.3, 0.4) is 0 Å². The standard InChI is InChI=1S/C13H26N2O/c1-15-7-2-5-13(6-8-15)14-10-12-4-3-9-16-11-12/h12-14H,2-11H2,1H3. The Morgan fingerprint density at radius 1 is 1.19 bits per heavy atom. The molecule has 2 rings (SSSR count). The van der Waals surface area contributed by atoms with Gasteiger partial charge >= 0.3 is 0 Å². The van der Waals surface area contributed by atoms with Crippen LogP contribution >= 0.6 is 0 Å². The highest BCUT2D eigenvalue weighted by molar-refractivity contribution is 4.75. The molecule has 2 heterocycles. The number of ether oxygens (including phenoxy) is 1. The number of hydrogen-bond acceptors (Lipinski definition) is 3. The summed E-state index contributed by atoms with van der Waals surface area (Å²) in [6.07, 6.45) is 6.59. The van der Waals surface area contributed by atoms with E-state index in [2.05, 4.69) is 17.3 Å². The highest BCUT2D eigenvalue weighted by atomic mass is 16.5. The van der Waals surface area contributed by atoms with Gasteiger partial charge in [0.1, 0.15) is 0 Å². The molecule has 0 aromatic carbocycles. The van der Waals surface area contributed by atoms with Crippen molar-refractivity contribution in [2.24, 2.45) is 5.92 Å². The third-order valence-corrected chi connectivity index (χ3v) is 3.90. The van der Waals surface area contributed by atoms with Gasteiger partial charge in [-0.2, -0.15) is 0 Å². The van der Waals surface area contributed by atoms with Gasteiger partial charge < -0.3 is 15.0 Å². The minimum Gasteiger partial charge on any atom is -0.381 e. The van der Waals surface area contributed by atoms with Gasteiger partial charge in [-0.3, -0.25) is 0 Å². The lowest BCUT2D eigenvalue weighted by molar-refractivity contribution is 0.0536. The SMILES string of the molecule is CN1CCCC(NCC2CCCOC2)CC1. The number of rotatable bonds is 3. The average Bonchev–Trinajstić information content (AvgIpc) is 2.53. The third-order valence-electron chi connectivity index (χ3n) is 3.90. The number of hydrogen-bond donors (Lipinski definition) is 1. The maximum Gasteiger partial charge on any atom is 0.0506 e. The molecule has 2 unspecified atom stereocenters. The Morgan fingerprint density at radius 3 is 2.94 bits per heavy atom. The molecule has 2 fully saturated rings. The van der Waals surface area contributed by atoms with Crippen LogP contribution in [0.2, 0.25) is 0 Å². The molecule has 0 spiro atoms. The monoisotopic (exact) mass is 226 g/mol. The van der Waals surface area contributed by atoms with E-state index in [1.807, 2.05) is 0 Å². The predicted octanol–water partition coefficient (Wildman–Crippen LogP) is 1.49. The maximum atomic E-state index is 5.52. The third kappa shape index (κ3) is 4.04. The van der Waals surface area contributed by atoms with E-state index in [4.69, 9.17) is 4.74 Å². The largest absolute Gasteiger partial charge is 0.381 e. The van der Waals surface area contributed by atoms with E-state index in [0.29, 0.717) is 0 Å². The summed E-state index contributed by atoms with van der Waals surface area (Å²) in [5, 5.41) is 3.75. The Morgan fingerprint density at radius 2 is 2.12 bits per heavy atom. The molecule has 0 amide bonds. The van der Waals surface area contributed by atoms with Crippen molar-refractivity contribution in [1.29, 1.82) is 0 Å². The Balaban J connectivity index is 1.64. The van der Waals surface area contributed by atoms with Crippen LogP contribution in [-0.2, 0) is 4.74 Å². The fourth-order valence-corrected chi connectivity index (χ4v) is 2.75. The Hall–Kier alpha value is -0.120. The van der Waals surface area contributed by atoms with Crippen molar-refractivity contribution in [2.75, 3.05) is 39.9 Å². The number of nitrogens with one attached hydrogen (secondary N) is 1. The molecule has 0 aliphatic carbocycles. The second kappa shape index (κ2) is 6.58. The van der Waals surface area contributed by atoms with Gasteiger partial charge in [0.05, 0.1) is 6.61 Å². The molecule has 3 heteroatoms. The number of likely N-dealkylation sites (tertiary alicyclic amines) is 1. The molecule has 0 radical (unpaired) electrons. The quantitative estimate of drug-likeness (QED) is 0.789. The average molecular weight is 226 g/mol. The fourth-order valence-electron chi connectivity index (χ4n) is 2.75. The molecule has 0 aromatic rings. The van der Waals surface area contributed by atoms with E-state index in [0.717, 1.165) is 31.7 Å². The minimum absolute atomic E-state index is 0.742. The smallest absolute Gasteiger partial charge is 0.0506 e. The van der Waals surface area contributed by atoms with Crippen molar-refractivity contribution >= 4 is 0 Å². The van der Waals surface area contributed by atoms with E-state index in [1.165, 1.54) is 45.2 Å². The van der Waals surface area contributed by atoms with Crippen LogP contribution < -0.4 is 5.32 Å². The zero-order valence-electron chi connectivity index (χ0n) is 10.6. The van der Waals surface area contributed by atoms with Crippen LogP contribution in [0.1, 0.15) is 32.1 Å². The van der Waals surface area contributed by atoms with E-state index >= 15 is 0 Å². The molecule has 0 aromatic heterocycles. The van der Waals surface area contributed by atoms with Crippen molar-refractivity contribution in [2.45, 2.75) is 38.1 Å². The summed E-state index contributed by atoms with van der Waals surface area (Å²) in [6.45, 7) is 5.63. The maximum absolute atomic E-state index is 5.52. The first-order valence-corrected chi connectivity index (χ1v) is 6.84. The van der Waals surface area contributed by atoms with E-state index in [9.17, 15) is 0 Å². The van der Waals surface area contributed by atoms with Gasteiger partial charge in [0.2, 0.25) is 0 Å². The topological polar surface area (TPSA) is 24.5 Å². The lowest BCUT2D eigenvalue weighted by atomic mass is 10.0. The predicted molar refractivity (Wildman–Crippen MR) is 66.7 cm³/mol. The Labute approximate surface area is 99.5 Å². The normalized spacial score (nSPS) is 33.6. The van der Waals surface area contributed by atoms with Gasteiger partial charge in [-0.25, -0.2) is 0 Å². The lowest BCUT2D eigenvalue weighted by Crippen LogP contribution is -2.36. The van der Waals surface area contributed by atoms with Gasteiger partial charge in [-0.05, 0) is 58.2 Å². The van der Waals surface area contributed by atoms with Crippen LogP contribution in [0.15, 0.2) is 0 Å². The van der Waals surface area contributed by atoms with Crippen LogP contribution in [0, 0.1) is 5.92 Å². The molecule has 0 bridgehead atoms. The van der Waals surface area contributed by atoms with Crippen LogP contribution in [-0.4, -0.2) is 50.8 Å². The molecule has 94 valence electrons. The molecular formula is C13H26N2O. The van der Waals surface area contributed by atoms with Gasteiger partial charge in [0.25, 0.3) is 0 Å². The summed E-state index contributed by atoms with van der Waals surface area (Å²) in [5.74, 6) is 0.759. The van der Waals surface area contributed by atoms with Gasteiger partial charge in [-0.15, -0.1) is 0 Å². The van der Waals surface area contributed by atoms with E-state index in [1.54, 1.807) is 0 Å². The van der Waals surface area contributed by atoms with Crippen molar-refractivity contribution < 1.29 is 4.74 Å². The zero-order chi connectivity index (χ0) is 11.2.